The van der Waals surface area contributed by atoms with Crippen molar-refractivity contribution in [3.8, 4) is 0 Å². The highest BCUT2D eigenvalue weighted by atomic mass is 16.4. The molecule has 0 aliphatic rings. The first-order chi connectivity index (χ1) is 24.8. The van der Waals surface area contributed by atoms with Gasteiger partial charge in [-0.1, -0.05) is 90.4 Å². The molecule has 1 aromatic rings. The normalized spacial score (nSPS) is 11.4. The molecule has 14 nitrogen and oxygen atoms in total. The topological polar surface area (TPSA) is 228 Å². The van der Waals surface area contributed by atoms with Gasteiger partial charge in [-0.2, -0.15) is 0 Å². The van der Waals surface area contributed by atoms with Gasteiger partial charge in [0.2, 0.25) is 11.8 Å². The molecule has 0 aliphatic heterocycles. The molecule has 292 valence electrons. The Morgan fingerprint density at radius 1 is 0.615 bits per heavy atom. The summed E-state index contributed by atoms with van der Waals surface area (Å²) in [5.74, 6) is -6.15. The van der Waals surface area contributed by atoms with Crippen LogP contribution in [-0.2, 0) is 24.0 Å². The number of benzene rings is 1. The summed E-state index contributed by atoms with van der Waals surface area (Å²) in [7, 11) is 0. The number of carboxylic acid groups (broad SMARTS) is 4. The second kappa shape index (κ2) is 27.2. The van der Waals surface area contributed by atoms with E-state index in [9.17, 15) is 43.8 Å². The van der Waals surface area contributed by atoms with E-state index < -0.39 is 48.2 Å². The van der Waals surface area contributed by atoms with Crippen LogP contribution >= 0.6 is 0 Å². The Morgan fingerprint density at radius 2 is 1.12 bits per heavy atom. The van der Waals surface area contributed by atoms with Gasteiger partial charge in [0.15, 0.2) is 0 Å². The second-order valence-electron chi connectivity index (χ2n) is 13.4. The van der Waals surface area contributed by atoms with Gasteiger partial charge in [0.05, 0.1) is 24.4 Å². The van der Waals surface area contributed by atoms with E-state index in [2.05, 4.69) is 10.6 Å². The van der Waals surface area contributed by atoms with Crippen LogP contribution < -0.4 is 10.6 Å². The van der Waals surface area contributed by atoms with Crippen LogP contribution in [0.5, 0.6) is 0 Å². The van der Waals surface area contributed by atoms with Crippen LogP contribution in [0.1, 0.15) is 156 Å². The Hall–Kier alpha value is -4.49. The van der Waals surface area contributed by atoms with Gasteiger partial charge in [-0.3, -0.25) is 28.8 Å². The fourth-order valence-electron chi connectivity index (χ4n) is 5.69. The summed E-state index contributed by atoms with van der Waals surface area (Å²) in [5, 5.41) is 41.6. The molecule has 1 atom stereocenters. The van der Waals surface area contributed by atoms with Crippen molar-refractivity contribution in [1.29, 1.82) is 0 Å². The summed E-state index contributed by atoms with van der Waals surface area (Å²) in [4.78, 5) is 84.3. The Balaban J connectivity index is 2.49. The van der Waals surface area contributed by atoms with E-state index in [1.54, 1.807) is 6.92 Å². The predicted molar refractivity (Wildman–Crippen MR) is 195 cm³/mol. The number of anilines is 1. The van der Waals surface area contributed by atoms with Crippen LogP contribution in [0.3, 0.4) is 0 Å². The van der Waals surface area contributed by atoms with Gasteiger partial charge in [0, 0.05) is 37.2 Å². The molecule has 0 aromatic heterocycles. The van der Waals surface area contributed by atoms with Crippen molar-refractivity contribution in [3.63, 3.8) is 0 Å². The number of unbranched alkanes of at least 4 members (excludes halogenated alkanes) is 14. The molecule has 0 bridgehead atoms. The van der Waals surface area contributed by atoms with Crippen LogP contribution in [0.2, 0.25) is 0 Å². The molecule has 0 radical (unpaired) electrons. The van der Waals surface area contributed by atoms with Gasteiger partial charge in [-0.15, -0.1) is 0 Å². The number of aromatic carboxylic acids is 1. The number of nitrogens with one attached hydrogen (secondary N) is 2. The standard InChI is InChI=1S/C38H59N3O11/c1-28(37(49)50)18-16-17-22-39-36(48)29-24-30(38(51)52)26-31(25-29)40-32(42)27-41(23-21-35(46)47)33(43)19-14-12-10-8-6-4-2-3-5-7-9-11-13-15-20-34(44)45/h24-26,28H,2-23,27H2,1H3,(H,39,48)(H,40,42)(H,44,45)(H,46,47)(H,49,50)(H,51,52)/t28-/m0/s1. The summed E-state index contributed by atoms with van der Waals surface area (Å²) in [6.45, 7) is 1.24. The molecule has 0 spiro atoms. The van der Waals surface area contributed by atoms with Gasteiger partial charge in [-0.25, -0.2) is 4.79 Å². The van der Waals surface area contributed by atoms with E-state index >= 15 is 0 Å². The molecular weight excluding hydrogens is 674 g/mol. The first kappa shape index (κ1) is 45.5. The average Bonchev–Trinajstić information content (AvgIpc) is 3.08. The van der Waals surface area contributed by atoms with Gasteiger partial charge in [0.25, 0.3) is 5.91 Å². The Morgan fingerprint density at radius 3 is 1.62 bits per heavy atom. The predicted octanol–water partition coefficient (Wildman–Crippen LogP) is 6.57. The molecule has 0 saturated carbocycles. The number of hydrogen-bond donors (Lipinski definition) is 6. The minimum absolute atomic E-state index is 0.00814. The monoisotopic (exact) mass is 733 g/mol. The number of hydrogen-bond acceptors (Lipinski definition) is 7. The van der Waals surface area contributed by atoms with Crippen molar-refractivity contribution < 1.29 is 54.0 Å². The fourth-order valence-corrected chi connectivity index (χ4v) is 5.69. The third kappa shape index (κ3) is 22.4. The number of carbonyl (C=O) groups excluding carboxylic acids is 3. The maximum Gasteiger partial charge on any atom is 0.335 e. The molecule has 14 heteroatoms. The van der Waals surface area contributed by atoms with Crippen molar-refractivity contribution in [2.45, 2.75) is 135 Å². The lowest BCUT2D eigenvalue weighted by Gasteiger charge is -2.22. The quantitative estimate of drug-likeness (QED) is 0.0447. The van der Waals surface area contributed by atoms with Crippen LogP contribution in [0, 0.1) is 5.92 Å². The van der Waals surface area contributed by atoms with E-state index in [-0.39, 0.29) is 55.1 Å². The third-order valence-electron chi connectivity index (χ3n) is 8.81. The summed E-state index contributed by atoms with van der Waals surface area (Å²) >= 11 is 0. The van der Waals surface area contributed by atoms with Gasteiger partial charge in [0.1, 0.15) is 0 Å². The smallest absolute Gasteiger partial charge is 0.335 e. The summed E-state index contributed by atoms with van der Waals surface area (Å²) in [6.07, 6.45) is 16.1. The zero-order valence-corrected chi connectivity index (χ0v) is 30.7. The van der Waals surface area contributed by atoms with Gasteiger partial charge in [-0.05, 0) is 43.9 Å². The molecular formula is C38H59N3O11. The minimum Gasteiger partial charge on any atom is -0.481 e. The SMILES string of the molecule is C[C@@H](CCCCNC(=O)c1cc(NC(=O)CN(CCC(=O)O)C(=O)CCCCCCCCCCCCCCCCC(=O)O)cc(C(=O)O)c1)C(=O)O. The van der Waals surface area contributed by atoms with Crippen LogP contribution in [0.25, 0.3) is 0 Å². The zero-order chi connectivity index (χ0) is 38.7. The maximum absolute atomic E-state index is 13.0. The third-order valence-corrected chi connectivity index (χ3v) is 8.81. The first-order valence-electron chi connectivity index (χ1n) is 18.7. The molecule has 52 heavy (non-hydrogen) atoms. The number of nitrogens with zero attached hydrogens (tertiary/aromatic N) is 1. The van der Waals surface area contributed by atoms with Crippen molar-refractivity contribution >= 4 is 47.3 Å². The average molecular weight is 734 g/mol. The highest BCUT2D eigenvalue weighted by Crippen LogP contribution is 2.17. The number of rotatable bonds is 31. The maximum atomic E-state index is 13.0. The fraction of sp³-hybridized carbons (Fsp3) is 0.658. The van der Waals surface area contributed by atoms with Crippen molar-refractivity contribution in [2.75, 3.05) is 25.0 Å². The Labute approximate surface area is 306 Å². The molecule has 0 fully saturated rings. The van der Waals surface area contributed by atoms with E-state index in [1.165, 1.54) is 48.8 Å². The largest absolute Gasteiger partial charge is 0.481 e. The number of carboxylic acids is 4. The van der Waals surface area contributed by atoms with E-state index in [0.717, 1.165) is 57.8 Å². The summed E-state index contributed by atoms with van der Waals surface area (Å²) < 4.78 is 0. The summed E-state index contributed by atoms with van der Waals surface area (Å²) in [5.41, 5.74) is -0.220. The lowest BCUT2D eigenvalue weighted by atomic mass is 10.0. The van der Waals surface area contributed by atoms with Crippen LogP contribution in [0.4, 0.5) is 5.69 Å². The van der Waals surface area contributed by atoms with Crippen molar-refractivity contribution in [3.05, 3.63) is 29.3 Å². The number of carbonyl (C=O) groups is 7. The van der Waals surface area contributed by atoms with Crippen molar-refractivity contribution in [2.24, 2.45) is 5.92 Å². The van der Waals surface area contributed by atoms with Crippen LogP contribution in [0.15, 0.2) is 18.2 Å². The lowest BCUT2D eigenvalue weighted by Crippen LogP contribution is -2.39. The molecule has 0 heterocycles. The molecule has 0 unspecified atom stereocenters. The van der Waals surface area contributed by atoms with E-state index in [4.69, 9.17) is 10.2 Å². The van der Waals surface area contributed by atoms with E-state index in [0.29, 0.717) is 25.7 Å². The first-order valence-corrected chi connectivity index (χ1v) is 18.7. The molecule has 3 amide bonds. The molecule has 6 N–H and O–H groups in total. The van der Waals surface area contributed by atoms with Crippen LogP contribution in [-0.4, -0.2) is 86.6 Å². The van der Waals surface area contributed by atoms with E-state index in [1.807, 2.05) is 0 Å². The zero-order valence-electron chi connectivity index (χ0n) is 30.7. The molecule has 1 aromatic carbocycles. The Kier molecular flexibility index (Phi) is 23.8. The van der Waals surface area contributed by atoms with Gasteiger partial charge >= 0.3 is 23.9 Å². The highest BCUT2D eigenvalue weighted by molar-refractivity contribution is 6.01. The number of amides is 3. The molecule has 0 aliphatic carbocycles. The highest BCUT2D eigenvalue weighted by Gasteiger charge is 2.20. The second-order valence-corrected chi connectivity index (χ2v) is 13.4. The summed E-state index contributed by atoms with van der Waals surface area (Å²) in [6, 6.07) is 3.66. The molecule has 1 rings (SSSR count). The minimum atomic E-state index is -1.32. The number of aliphatic carboxylic acids is 3. The lowest BCUT2D eigenvalue weighted by molar-refractivity contribution is -0.141. The van der Waals surface area contributed by atoms with Gasteiger partial charge < -0.3 is 36.0 Å². The van der Waals surface area contributed by atoms with Crippen molar-refractivity contribution in [1.82, 2.24) is 10.2 Å². The molecule has 0 saturated heterocycles. The Bertz CT molecular complexity index is 1300.